The number of urea groups is 1. The summed E-state index contributed by atoms with van der Waals surface area (Å²) >= 11 is 0. The zero-order valence-electron chi connectivity index (χ0n) is 11.6. The standard InChI is InChI=1S/C11H11N5O6.ClH/c12-4-3-8(17)15-9(18)6-14(11(15)19)13-5-7-1-2-10(22-7)16(20)21;/h1-2,5H,3-4,6,12H2;1H. The second kappa shape index (κ2) is 7.47. The molecule has 0 bridgehead atoms. The molecular weight excluding hydrogens is 334 g/mol. The molecular formula is C11H12ClN5O6. The molecule has 1 aromatic heterocycles. The summed E-state index contributed by atoms with van der Waals surface area (Å²) in [4.78, 5) is 45.3. The molecule has 0 unspecified atom stereocenters. The van der Waals surface area contributed by atoms with Crippen LogP contribution in [0.15, 0.2) is 21.7 Å². The van der Waals surface area contributed by atoms with E-state index in [4.69, 9.17) is 10.2 Å². The van der Waals surface area contributed by atoms with Gasteiger partial charge in [0.05, 0.1) is 12.3 Å². The lowest BCUT2D eigenvalue weighted by Gasteiger charge is -2.11. The molecule has 1 aromatic rings. The Morgan fingerprint density at radius 2 is 2.17 bits per heavy atom. The van der Waals surface area contributed by atoms with Gasteiger partial charge in [-0.1, -0.05) is 0 Å². The van der Waals surface area contributed by atoms with Crippen molar-refractivity contribution in [2.45, 2.75) is 6.42 Å². The number of hydrogen-bond acceptors (Lipinski definition) is 8. The molecule has 11 nitrogen and oxygen atoms in total. The van der Waals surface area contributed by atoms with Crippen LogP contribution < -0.4 is 5.73 Å². The predicted molar refractivity (Wildman–Crippen MR) is 77.8 cm³/mol. The first-order valence-electron chi connectivity index (χ1n) is 6.09. The molecule has 0 aliphatic carbocycles. The monoisotopic (exact) mass is 345 g/mol. The minimum atomic E-state index is -0.902. The fraction of sp³-hybridized carbons (Fsp3) is 0.273. The molecule has 23 heavy (non-hydrogen) atoms. The molecule has 0 radical (unpaired) electrons. The number of rotatable bonds is 5. The van der Waals surface area contributed by atoms with Gasteiger partial charge in [0.1, 0.15) is 11.5 Å². The summed E-state index contributed by atoms with van der Waals surface area (Å²) in [7, 11) is 0. The number of nitro groups is 1. The molecule has 2 rings (SSSR count). The zero-order valence-corrected chi connectivity index (χ0v) is 12.4. The molecule has 12 heteroatoms. The third-order valence-electron chi connectivity index (χ3n) is 2.67. The van der Waals surface area contributed by atoms with Crippen LogP contribution >= 0.6 is 12.4 Å². The first-order chi connectivity index (χ1) is 10.4. The Labute approximate surface area is 135 Å². The number of nitrogens with two attached hydrogens (primary N) is 1. The molecule has 0 spiro atoms. The third kappa shape index (κ3) is 3.90. The maximum absolute atomic E-state index is 11.9. The molecule has 1 fully saturated rings. The maximum Gasteiger partial charge on any atom is 0.433 e. The summed E-state index contributed by atoms with van der Waals surface area (Å²) in [6.07, 6.45) is 0.897. The highest BCUT2D eigenvalue weighted by molar-refractivity contribution is 6.15. The Kier molecular flexibility index (Phi) is 5.93. The molecule has 1 saturated heterocycles. The van der Waals surface area contributed by atoms with Crippen molar-refractivity contribution in [2.24, 2.45) is 10.8 Å². The Bertz CT molecular complexity index is 672. The quantitative estimate of drug-likeness (QED) is 0.343. The highest BCUT2D eigenvalue weighted by Crippen LogP contribution is 2.15. The molecule has 0 atom stereocenters. The summed E-state index contributed by atoms with van der Waals surface area (Å²) in [5, 5.41) is 14.9. The molecule has 1 aliphatic heterocycles. The SMILES string of the molecule is Cl.NCCC(=O)N1C(=O)CN(N=Cc2ccc([N+](=O)[O-])o2)C1=O. The van der Waals surface area contributed by atoms with Crippen LogP contribution in [0.25, 0.3) is 0 Å². The lowest BCUT2D eigenvalue weighted by molar-refractivity contribution is -0.402. The molecule has 2 N–H and O–H groups in total. The number of carbonyl (C=O) groups is 3. The fourth-order valence-corrected chi connectivity index (χ4v) is 1.70. The van der Waals surface area contributed by atoms with Gasteiger partial charge in [0, 0.05) is 13.0 Å². The Balaban J connectivity index is 0.00000264. The highest BCUT2D eigenvalue weighted by atomic mass is 35.5. The molecule has 124 valence electrons. The summed E-state index contributed by atoms with van der Waals surface area (Å²) in [5.74, 6) is -1.88. The van der Waals surface area contributed by atoms with Crippen molar-refractivity contribution in [2.75, 3.05) is 13.1 Å². The van der Waals surface area contributed by atoms with Gasteiger partial charge in [-0.05, 0) is 6.07 Å². The van der Waals surface area contributed by atoms with Gasteiger partial charge in [0.2, 0.25) is 5.91 Å². The van der Waals surface area contributed by atoms with Gasteiger partial charge in [-0.3, -0.25) is 19.7 Å². The van der Waals surface area contributed by atoms with Crippen molar-refractivity contribution in [3.05, 3.63) is 28.0 Å². The highest BCUT2D eigenvalue weighted by Gasteiger charge is 2.40. The van der Waals surface area contributed by atoms with Crippen LogP contribution in [-0.2, 0) is 9.59 Å². The van der Waals surface area contributed by atoms with Crippen LogP contribution in [0.1, 0.15) is 12.2 Å². The van der Waals surface area contributed by atoms with Gasteiger partial charge >= 0.3 is 11.9 Å². The first kappa shape index (κ1) is 18.3. The normalized spacial score (nSPS) is 14.5. The van der Waals surface area contributed by atoms with Crippen LogP contribution in [0.5, 0.6) is 0 Å². The second-order valence-electron chi connectivity index (χ2n) is 4.18. The number of nitrogens with zero attached hydrogens (tertiary/aromatic N) is 4. The van der Waals surface area contributed by atoms with E-state index < -0.39 is 35.2 Å². The van der Waals surface area contributed by atoms with Crippen LogP contribution in [0.3, 0.4) is 0 Å². The van der Waals surface area contributed by atoms with Crippen LogP contribution in [-0.4, -0.2) is 52.0 Å². The van der Waals surface area contributed by atoms with Crippen molar-refractivity contribution in [3.8, 4) is 0 Å². The minimum Gasteiger partial charge on any atom is -0.400 e. The van der Waals surface area contributed by atoms with E-state index in [9.17, 15) is 24.5 Å². The number of furan rings is 1. The van der Waals surface area contributed by atoms with E-state index in [1.807, 2.05) is 0 Å². The summed E-state index contributed by atoms with van der Waals surface area (Å²) < 4.78 is 4.81. The molecule has 0 aromatic carbocycles. The largest absolute Gasteiger partial charge is 0.433 e. The smallest absolute Gasteiger partial charge is 0.400 e. The van der Waals surface area contributed by atoms with E-state index >= 15 is 0 Å². The fourth-order valence-electron chi connectivity index (χ4n) is 1.70. The van der Waals surface area contributed by atoms with Gasteiger partial charge in [-0.2, -0.15) is 10.0 Å². The number of amides is 4. The molecule has 4 amide bonds. The van der Waals surface area contributed by atoms with Gasteiger partial charge < -0.3 is 10.2 Å². The van der Waals surface area contributed by atoms with Crippen molar-refractivity contribution >= 4 is 42.4 Å². The zero-order chi connectivity index (χ0) is 16.3. The lowest BCUT2D eigenvalue weighted by Crippen LogP contribution is -2.38. The number of halogens is 1. The van der Waals surface area contributed by atoms with E-state index in [-0.39, 0.29) is 31.1 Å². The Morgan fingerprint density at radius 3 is 2.74 bits per heavy atom. The number of carbonyl (C=O) groups excluding carboxylic acids is 3. The Morgan fingerprint density at radius 1 is 1.48 bits per heavy atom. The second-order valence-corrected chi connectivity index (χ2v) is 4.18. The van der Waals surface area contributed by atoms with E-state index in [0.29, 0.717) is 4.90 Å². The first-order valence-corrected chi connectivity index (χ1v) is 6.09. The Hall–Kier alpha value is -2.79. The van der Waals surface area contributed by atoms with Crippen LogP contribution in [0.2, 0.25) is 0 Å². The van der Waals surface area contributed by atoms with Gasteiger partial charge in [0.15, 0.2) is 5.76 Å². The van der Waals surface area contributed by atoms with E-state index in [0.717, 1.165) is 17.3 Å². The summed E-state index contributed by atoms with van der Waals surface area (Å²) in [6.45, 7) is -0.399. The topological polar surface area (TPSA) is 152 Å². The van der Waals surface area contributed by atoms with Gasteiger partial charge in [0.25, 0.3) is 5.91 Å². The number of imide groups is 3. The van der Waals surface area contributed by atoms with Gasteiger partial charge in [-0.25, -0.2) is 9.80 Å². The average Bonchev–Trinajstić information content (AvgIpc) is 3.02. The van der Waals surface area contributed by atoms with Crippen LogP contribution in [0, 0.1) is 10.1 Å². The van der Waals surface area contributed by atoms with Crippen LogP contribution in [0.4, 0.5) is 10.7 Å². The van der Waals surface area contributed by atoms with Crippen molar-refractivity contribution < 1.29 is 23.7 Å². The molecule has 0 saturated carbocycles. The molecule has 2 heterocycles. The average molecular weight is 346 g/mol. The van der Waals surface area contributed by atoms with Crippen molar-refractivity contribution in [3.63, 3.8) is 0 Å². The predicted octanol–water partition coefficient (Wildman–Crippen LogP) is 0.0831. The summed E-state index contributed by atoms with van der Waals surface area (Å²) in [5.41, 5.74) is 5.20. The van der Waals surface area contributed by atoms with E-state index in [2.05, 4.69) is 5.10 Å². The lowest BCUT2D eigenvalue weighted by atomic mass is 10.4. The minimum absolute atomic E-state index is 0. The molecule has 1 aliphatic rings. The summed E-state index contributed by atoms with van der Waals surface area (Å²) in [6, 6.07) is 1.50. The van der Waals surface area contributed by atoms with Crippen molar-refractivity contribution in [1.29, 1.82) is 0 Å². The third-order valence-corrected chi connectivity index (χ3v) is 2.67. The van der Waals surface area contributed by atoms with E-state index in [1.54, 1.807) is 0 Å². The number of hydrazone groups is 1. The maximum atomic E-state index is 11.9. The van der Waals surface area contributed by atoms with Gasteiger partial charge in [-0.15, -0.1) is 12.4 Å². The van der Waals surface area contributed by atoms with Crippen molar-refractivity contribution in [1.82, 2.24) is 9.91 Å². The number of hydrogen-bond donors (Lipinski definition) is 1. The van der Waals surface area contributed by atoms with E-state index in [1.165, 1.54) is 6.07 Å².